The highest BCUT2D eigenvalue weighted by atomic mass is 16.5. The molecule has 2 rings (SSSR count). The summed E-state index contributed by atoms with van der Waals surface area (Å²) in [6.07, 6.45) is 3.69. The number of hydrogen-bond acceptors (Lipinski definition) is 2. The Bertz CT molecular complexity index is 435. The highest BCUT2D eigenvalue weighted by molar-refractivity contribution is 5.77. The zero-order chi connectivity index (χ0) is 9.26. The number of aromatic nitrogens is 2. The summed E-state index contributed by atoms with van der Waals surface area (Å²) >= 11 is 0. The molecular formula is C10H11N2O+. The molecule has 66 valence electrons. The monoisotopic (exact) mass is 175 g/mol. The standard InChI is InChI=1S/C10H11N2O/c1-12-7-6-11-8-4-3-5-9(13-2)10(8)12/h3-7H,1-2H3/q+1. The number of benzene rings is 1. The van der Waals surface area contributed by atoms with E-state index < -0.39 is 0 Å². The van der Waals surface area contributed by atoms with Crippen LogP contribution in [0.1, 0.15) is 0 Å². The van der Waals surface area contributed by atoms with Crippen molar-refractivity contribution in [3.8, 4) is 5.75 Å². The second-order valence-corrected chi connectivity index (χ2v) is 2.87. The van der Waals surface area contributed by atoms with Crippen LogP contribution >= 0.6 is 0 Å². The van der Waals surface area contributed by atoms with Gasteiger partial charge in [-0.1, -0.05) is 6.07 Å². The molecule has 0 N–H and O–H groups in total. The van der Waals surface area contributed by atoms with Crippen LogP contribution in [-0.2, 0) is 7.05 Å². The van der Waals surface area contributed by atoms with Gasteiger partial charge in [-0.25, -0.2) is 4.98 Å². The first kappa shape index (κ1) is 7.98. The zero-order valence-electron chi connectivity index (χ0n) is 7.69. The molecule has 0 amide bonds. The van der Waals surface area contributed by atoms with Gasteiger partial charge in [0.2, 0.25) is 0 Å². The van der Waals surface area contributed by atoms with Gasteiger partial charge in [-0.3, -0.25) is 0 Å². The number of nitrogens with zero attached hydrogens (tertiary/aromatic N) is 2. The fraction of sp³-hybridized carbons (Fsp3) is 0.200. The Balaban J connectivity index is 2.87. The van der Waals surface area contributed by atoms with E-state index in [-0.39, 0.29) is 0 Å². The van der Waals surface area contributed by atoms with Crippen LogP contribution in [-0.4, -0.2) is 12.1 Å². The highest BCUT2D eigenvalue weighted by Gasteiger charge is 2.10. The average molecular weight is 175 g/mol. The lowest BCUT2D eigenvalue weighted by atomic mass is 10.3. The van der Waals surface area contributed by atoms with Crippen LogP contribution in [0.5, 0.6) is 5.75 Å². The second-order valence-electron chi connectivity index (χ2n) is 2.87. The van der Waals surface area contributed by atoms with Gasteiger partial charge in [0.25, 0.3) is 5.52 Å². The van der Waals surface area contributed by atoms with Gasteiger partial charge in [0, 0.05) is 0 Å². The van der Waals surface area contributed by atoms with Gasteiger partial charge in [-0.2, -0.15) is 4.57 Å². The zero-order valence-corrected chi connectivity index (χ0v) is 7.69. The minimum absolute atomic E-state index is 0.855. The maximum absolute atomic E-state index is 5.25. The van der Waals surface area contributed by atoms with Gasteiger partial charge < -0.3 is 4.74 Å². The number of hydrogen-bond donors (Lipinski definition) is 0. The summed E-state index contributed by atoms with van der Waals surface area (Å²) in [4.78, 5) is 4.25. The molecule has 0 aliphatic carbocycles. The van der Waals surface area contributed by atoms with Crippen molar-refractivity contribution in [3.63, 3.8) is 0 Å². The number of fused-ring (bicyclic) bond motifs is 1. The van der Waals surface area contributed by atoms with Crippen molar-refractivity contribution < 1.29 is 9.30 Å². The summed E-state index contributed by atoms with van der Waals surface area (Å²) in [7, 11) is 3.65. The van der Waals surface area contributed by atoms with E-state index in [2.05, 4.69) is 4.98 Å². The van der Waals surface area contributed by atoms with Crippen LogP contribution in [0.15, 0.2) is 30.6 Å². The fourth-order valence-corrected chi connectivity index (χ4v) is 1.42. The van der Waals surface area contributed by atoms with E-state index in [4.69, 9.17) is 4.74 Å². The van der Waals surface area contributed by atoms with Crippen LogP contribution in [0.4, 0.5) is 0 Å². The first-order valence-corrected chi connectivity index (χ1v) is 4.10. The van der Waals surface area contributed by atoms with Crippen molar-refractivity contribution in [2.45, 2.75) is 0 Å². The number of rotatable bonds is 1. The Morgan fingerprint density at radius 1 is 1.38 bits per heavy atom. The molecule has 0 bridgehead atoms. The summed E-state index contributed by atoms with van der Waals surface area (Å²) in [6.45, 7) is 0. The van der Waals surface area contributed by atoms with E-state index in [1.165, 1.54) is 0 Å². The van der Waals surface area contributed by atoms with Crippen LogP contribution in [0.3, 0.4) is 0 Å². The normalized spacial score (nSPS) is 10.3. The molecule has 0 radical (unpaired) electrons. The first-order chi connectivity index (χ1) is 6.33. The lowest BCUT2D eigenvalue weighted by Crippen LogP contribution is -2.28. The van der Waals surface area contributed by atoms with Crippen LogP contribution < -0.4 is 9.30 Å². The summed E-state index contributed by atoms with van der Waals surface area (Å²) < 4.78 is 7.25. The van der Waals surface area contributed by atoms with Crippen molar-refractivity contribution in [1.29, 1.82) is 0 Å². The molecule has 3 heteroatoms. The van der Waals surface area contributed by atoms with Gasteiger partial charge in [0.1, 0.15) is 12.6 Å². The van der Waals surface area contributed by atoms with E-state index >= 15 is 0 Å². The Kier molecular flexibility index (Phi) is 1.85. The lowest BCUT2D eigenvalue weighted by Gasteiger charge is -2.00. The van der Waals surface area contributed by atoms with Gasteiger partial charge in [0.15, 0.2) is 11.9 Å². The molecule has 0 unspecified atom stereocenters. The van der Waals surface area contributed by atoms with Crippen molar-refractivity contribution in [3.05, 3.63) is 30.6 Å². The first-order valence-electron chi connectivity index (χ1n) is 4.10. The van der Waals surface area contributed by atoms with Gasteiger partial charge >= 0.3 is 0 Å². The van der Waals surface area contributed by atoms with E-state index in [0.29, 0.717) is 0 Å². The molecule has 1 aromatic heterocycles. The minimum atomic E-state index is 0.855. The number of methoxy groups -OCH3 is 1. The van der Waals surface area contributed by atoms with E-state index in [0.717, 1.165) is 16.8 Å². The van der Waals surface area contributed by atoms with Crippen molar-refractivity contribution in [2.24, 2.45) is 7.05 Å². The van der Waals surface area contributed by atoms with Crippen LogP contribution in [0, 0.1) is 0 Å². The molecule has 0 fully saturated rings. The Morgan fingerprint density at radius 2 is 2.23 bits per heavy atom. The van der Waals surface area contributed by atoms with Crippen molar-refractivity contribution in [2.75, 3.05) is 7.11 Å². The highest BCUT2D eigenvalue weighted by Crippen LogP contribution is 2.18. The summed E-state index contributed by atoms with van der Waals surface area (Å²) in [5.74, 6) is 0.855. The smallest absolute Gasteiger partial charge is 0.273 e. The molecule has 0 aliphatic heterocycles. The molecule has 2 aromatic rings. The third kappa shape index (κ3) is 1.22. The SMILES string of the molecule is COc1cccc2ncc[n+](C)c12. The maximum atomic E-state index is 5.25. The summed E-state index contributed by atoms with van der Waals surface area (Å²) in [5, 5.41) is 0. The largest absolute Gasteiger partial charge is 0.490 e. The minimum Gasteiger partial charge on any atom is -0.490 e. The molecule has 0 atom stereocenters. The number of ether oxygens (including phenoxy) is 1. The van der Waals surface area contributed by atoms with Gasteiger partial charge in [-0.15, -0.1) is 0 Å². The molecule has 0 aliphatic rings. The lowest BCUT2D eigenvalue weighted by molar-refractivity contribution is -0.645. The Hall–Kier alpha value is -1.64. The molecular weight excluding hydrogens is 164 g/mol. The summed E-state index contributed by atoms with van der Waals surface area (Å²) in [6, 6.07) is 5.84. The van der Waals surface area contributed by atoms with Crippen LogP contribution in [0.25, 0.3) is 11.0 Å². The predicted octanol–water partition coefficient (Wildman–Crippen LogP) is 1.07. The summed E-state index contributed by atoms with van der Waals surface area (Å²) in [5.41, 5.74) is 1.97. The van der Waals surface area contributed by atoms with E-state index in [9.17, 15) is 0 Å². The quantitative estimate of drug-likeness (QED) is 0.606. The van der Waals surface area contributed by atoms with Gasteiger partial charge in [0.05, 0.1) is 13.3 Å². The molecule has 3 nitrogen and oxygen atoms in total. The second kappa shape index (κ2) is 3.01. The average Bonchev–Trinajstić information content (AvgIpc) is 2.17. The maximum Gasteiger partial charge on any atom is 0.273 e. The molecule has 1 heterocycles. The predicted molar refractivity (Wildman–Crippen MR) is 49.5 cm³/mol. The third-order valence-corrected chi connectivity index (χ3v) is 2.05. The van der Waals surface area contributed by atoms with Crippen LogP contribution in [0.2, 0.25) is 0 Å². The van der Waals surface area contributed by atoms with Crippen molar-refractivity contribution in [1.82, 2.24) is 4.98 Å². The molecule has 0 saturated carbocycles. The topological polar surface area (TPSA) is 26.0 Å². The fourth-order valence-electron chi connectivity index (χ4n) is 1.42. The van der Waals surface area contributed by atoms with Crippen molar-refractivity contribution >= 4 is 11.0 Å². The van der Waals surface area contributed by atoms with E-state index in [1.807, 2.05) is 36.0 Å². The molecule has 0 saturated heterocycles. The molecule has 1 aromatic carbocycles. The Morgan fingerprint density at radius 3 is 3.00 bits per heavy atom. The third-order valence-electron chi connectivity index (χ3n) is 2.05. The van der Waals surface area contributed by atoms with E-state index in [1.54, 1.807) is 13.3 Å². The van der Waals surface area contributed by atoms with Gasteiger partial charge in [-0.05, 0) is 12.1 Å². The Labute approximate surface area is 76.6 Å². The molecule has 0 spiro atoms. The number of aryl methyl sites for hydroxylation is 1. The molecule has 13 heavy (non-hydrogen) atoms. The number of para-hydroxylation sites is 1.